The smallest absolute Gasteiger partial charge is 0.324 e. The number of hydrogen-bond acceptors (Lipinski definition) is 4. The Morgan fingerprint density at radius 3 is 2.88 bits per heavy atom. The first kappa shape index (κ1) is 11.3. The summed E-state index contributed by atoms with van der Waals surface area (Å²) >= 11 is 0. The number of urea groups is 1. The van der Waals surface area contributed by atoms with E-state index in [1.165, 1.54) is 4.90 Å². The van der Waals surface area contributed by atoms with E-state index in [1.54, 1.807) is 0 Å². The summed E-state index contributed by atoms with van der Waals surface area (Å²) in [6.07, 6.45) is 1.14. The predicted molar refractivity (Wildman–Crippen MR) is 59.0 cm³/mol. The van der Waals surface area contributed by atoms with Crippen molar-refractivity contribution in [3.8, 4) is 0 Å². The molecule has 2 fully saturated rings. The maximum Gasteiger partial charge on any atom is 0.324 e. The molecule has 0 aliphatic carbocycles. The highest BCUT2D eigenvalue weighted by molar-refractivity contribution is 6.01. The Labute approximate surface area is 95.0 Å². The van der Waals surface area contributed by atoms with E-state index in [0.717, 1.165) is 26.1 Å². The summed E-state index contributed by atoms with van der Waals surface area (Å²) in [5.41, 5.74) is 0. The summed E-state index contributed by atoms with van der Waals surface area (Å²) in [5, 5.41) is 5.82. The van der Waals surface area contributed by atoms with Crippen LogP contribution in [0.25, 0.3) is 0 Å². The number of imide groups is 1. The van der Waals surface area contributed by atoms with E-state index >= 15 is 0 Å². The zero-order valence-electron chi connectivity index (χ0n) is 9.53. The van der Waals surface area contributed by atoms with Crippen LogP contribution in [0.15, 0.2) is 0 Å². The van der Waals surface area contributed by atoms with Gasteiger partial charge in [0.25, 0.3) is 0 Å². The van der Waals surface area contributed by atoms with Crippen molar-refractivity contribution in [2.24, 2.45) is 0 Å². The molecule has 0 aromatic carbocycles. The number of nitrogens with zero attached hydrogens (tertiary/aromatic N) is 2. The number of nitrogens with one attached hydrogen (secondary N) is 2. The molecule has 2 rings (SSSR count). The third-order valence-corrected chi connectivity index (χ3v) is 3.27. The fraction of sp³-hybridized carbons (Fsp3) is 0.800. The summed E-state index contributed by atoms with van der Waals surface area (Å²) in [5.74, 6) is -0.122. The number of rotatable bonds is 4. The van der Waals surface area contributed by atoms with Gasteiger partial charge in [0.15, 0.2) is 0 Å². The molecule has 0 saturated carbocycles. The van der Waals surface area contributed by atoms with Crippen LogP contribution in [0, 0.1) is 0 Å². The second-order valence-corrected chi connectivity index (χ2v) is 4.33. The average molecular weight is 226 g/mol. The lowest BCUT2D eigenvalue weighted by molar-refractivity contribution is -0.125. The Hall–Kier alpha value is -1.14. The van der Waals surface area contributed by atoms with Gasteiger partial charge in [0.1, 0.15) is 0 Å². The topological polar surface area (TPSA) is 64.7 Å². The quantitative estimate of drug-likeness (QED) is 0.593. The van der Waals surface area contributed by atoms with Crippen LogP contribution in [0.3, 0.4) is 0 Å². The zero-order chi connectivity index (χ0) is 11.5. The fourth-order valence-corrected chi connectivity index (χ4v) is 2.14. The Kier molecular flexibility index (Phi) is 3.40. The van der Waals surface area contributed by atoms with E-state index < -0.39 is 0 Å². The van der Waals surface area contributed by atoms with Crippen LogP contribution in [0.1, 0.15) is 6.42 Å². The highest BCUT2D eigenvalue weighted by Gasteiger charge is 2.29. The molecule has 6 heteroatoms. The number of carbonyl (C=O) groups is 2. The molecule has 3 amide bonds. The van der Waals surface area contributed by atoms with Crippen molar-refractivity contribution < 1.29 is 9.59 Å². The third-order valence-electron chi connectivity index (χ3n) is 3.27. The van der Waals surface area contributed by atoms with Gasteiger partial charge in [0.2, 0.25) is 5.91 Å². The molecular formula is C10H18N4O2. The molecule has 1 unspecified atom stereocenters. The van der Waals surface area contributed by atoms with Crippen molar-refractivity contribution in [3.05, 3.63) is 0 Å². The molecule has 2 aliphatic heterocycles. The minimum absolute atomic E-state index is 0.122. The Balaban J connectivity index is 1.77. The number of hydrogen-bond donors (Lipinski definition) is 2. The van der Waals surface area contributed by atoms with Crippen LogP contribution < -0.4 is 10.6 Å². The highest BCUT2D eigenvalue weighted by atomic mass is 16.2. The molecule has 0 spiro atoms. The van der Waals surface area contributed by atoms with Gasteiger partial charge in [-0.15, -0.1) is 0 Å². The van der Waals surface area contributed by atoms with Crippen molar-refractivity contribution in [1.82, 2.24) is 20.4 Å². The van der Waals surface area contributed by atoms with Crippen molar-refractivity contribution >= 4 is 11.9 Å². The van der Waals surface area contributed by atoms with Crippen LogP contribution in [0.4, 0.5) is 4.79 Å². The van der Waals surface area contributed by atoms with Gasteiger partial charge in [-0.3, -0.25) is 9.69 Å². The summed E-state index contributed by atoms with van der Waals surface area (Å²) in [6.45, 7) is 3.42. The fourth-order valence-electron chi connectivity index (χ4n) is 2.14. The van der Waals surface area contributed by atoms with Crippen LogP contribution in [-0.4, -0.2) is 67.6 Å². The van der Waals surface area contributed by atoms with Gasteiger partial charge in [0.05, 0.1) is 6.54 Å². The Bertz CT molecular complexity index is 273. The molecule has 6 nitrogen and oxygen atoms in total. The van der Waals surface area contributed by atoms with Gasteiger partial charge >= 0.3 is 6.03 Å². The molecule has 2 N–H and O–H groups in total. The second-order valence-electron chi connectivity index (χ2n) is 4.33. The summed E-state index contributed by atoms with van der Waals surface area (Å²) in [6, 6.07) is 0.267. The highest BCUT2D eigenvalue weighted by Crippen LogP contribution is 2.06. The van der Waals surface area contributed by atoms with Crippen molar-refractivity contribution in [1.29, 1.82) is 0 Å². The lowest BCUT2D eigenvalue weighted by Gasteiger charge is -2.25. The van der Waals surface area contributed by atoms with Gasteiger partial charge in [-0.05, 0) is 20.0 Å². The Morgan fingerprint density at radius 2 is 2.31 bits per heavy atom. The van der Waals surface area contributed by atoms with E-state index in [9.17, 15) is 9.59 Å². The minimum Gasteiger partial charge on any atom is -0.329 e. The summed E-state index contributed by atoms with van der Waals surface area (Å²) < 4.78 is 0. The maximum absolute atomic E-state index is 11.3. The maximum atomic E-state index is 11.3. The molecule has 0 radical (unpaired) electrons. The molecule has 0 aromatic rings. The Morgan fingerprint density at radius 1 is 1.50 bits per heavy atom. The van der Waals surface area contributed by atoms with Gasteiger partial charge in [-0.1, -0.05) is 0 Å². The SMILES string of the molecule is CN(CCN1C(=O)CNC1=O)C1CCNC1. The van der Waals surface area contributed by atoms with E-state index in [4.69, 9.17) is 0 Å². The molecular weight excluding hydrogens is 208 g/mol. The van der Waals surface area contributed by atoms with Crippen molar-refractivity contribution in [3.63, 3.8) is 0 Å². The first-order chi connectivity index (χ1) is 7.68. The summed E-state index contributed by atoms with van der Waals surface area (Å²) in [4.78, 5) is 26.1. The van der Waals surface area contributed by atoms with Gasteiger partial charge in [-0.2, -0.15) is 0 Å². The van der Waals surface area contributed by atoms with Gasteiger partial charge in [0, 0.05) is 25.7 Å². The first-order valence-corrected chi connectivity index (χ1v) is 5.67. The normalized spacial score (nSPS) is 25.6. The predicted octanol–water partition coefficient (Wildman–Crippen LogP) is -1.17. The first-order valence-electron chi connectivity index (χ1n) is 5.67. The molecule has 16 heavy (non-hydrogen) atoms. The molecule has 0 aromatic heterocycles. The van der Waals surface area contributed by atoms with E-state index in [0.29, 0.717) is 12.6 Å². The van der Waals surface area contributed by atoms with E-state index in [1.807, 2.05) is 7.05 Å². The molecule has 2 heterocycles. The van der Waals surface area contributed by atoms with E-state index in [-0.39, 0.29) is 18.5 Å². The average Bonchev–Trinajstić information content (AvgIpc) is 2.87. The molecule has 1 atom stereocenters. The second kappa shape index (κ2) is 4.80. The standard InChI is InChI=1S/C10H18N4O2/c1-13(8-2-3-11-6-8)4-5-14-9(15)7-12-10(14)16/h8,11H,2-7H2,1H3,(H,12,16). The van der Waals surface area contributed by atoms with Crippen molar-refractivity contribution in [2.45, 2.75) is 12.5 Å². The third kappa shape index (κ3) is 2.33. The van der Waals surface area contributed by atoms with Crippen molar-refractivity contribution in [2.75, 3.05) is 39.8 Å². The largest absolute Gasteiger partial charge is 0.329 e. The number of amides is 3. The zero-order valence-corrected chi connectivity index (χ0v) is 9.53. The van der Waals surface area contributed by atoms with Gasteiger partial charge in [-0.25, -0.2) is 4.79 Å². The molecule has 2 saturated heterocycles. The van der Waals surface area contributed by atoms with Crippen LogP contribution in [-0.2, 0) is 4.79 Å². The van der Waals surface area contributed by atoms with E-state index in [2.05, 4.69) is 15.5 Å². The summed E-state index contributed by atoms with van der Waals surface area (Å²) in [7, 11) is 2.04. The lowest BCUT2D eigenvalue weighted by atomic mass is 10.2. The number of likely N-dealkylation sites (N-methyl/N-ethyl adjacent to an activating group) is 1. The molecule has 90 valence electrons. The molecule has 2 aliphatic rings. The monoisotopic (exact) mass is 226 g/mol. The van der Waals surface area contributed by atoms with Crippen LogP contribution >= 0.6 is 0 Å². The molecule has 0 bridgehead atoms. The van der Waals surface area contributed by atoms with Gasteiger partial charge < -0.3 is 15.5 Å². The van der Waals surface area contributed by atoms with Crippen LogP contribution in [0.2, 0.25) is 0 Å². The number of carbonyl (C=O) groups excluding carboxylic acids is 2. The lowest BCUT2D eigenvalue weighted by Crippen LogP contribution is -2.41. The van der Waals surface area contributed by atoms with Crippen LogP contribution in [0.5, 0.6) is 0 Å². The minimum atomic E-state index is -0.261.